The maximum absolute atomic E-state index is 12.4. The number of nitrogens with one attached hydrogen (secondary N) is 2. The van der Waals surface area contributed by atoms with E-state index in [0.29, 0.717) is 18.8 Å². The van der Waals surface area contributed by atoms with Crippen molar-refractivity contribution in [3.05, 3.63) is 59.7 Å². The number of benzene rings is 2. The zero-order valence-corrected chi connectivity index (χ0v) is 17.6. The molecular weight excluding hydrogens is 386 g/mol. The molecule has 0 saturated heterocycles. The summed E-state index contributed by atoms with van der Waals surface area (Å²) in [6.45, 7) is 3.22. The third kappa shape index (κ3) is 5.90. The third-order valence-electron chi connectivity index (χ3n) is 4.69. The second-order valence-electron chi connectivity index (χ2n) is 6.96. The van der Waals surface area contributed by atoms with Gasteiger partial charge in [0.05, 0.1) is 18.8 Å². The van der Waals surface area contributed by atoms with Crippen LogP contribution >= 0.6 is 11.8 Å². The van der Waals surface area contributed by atoms with Crippen LogP contribution in [0.2, 0.25) is 0 Å². The molecule has 0 bridgehead atoms. The van der Waals surface area contributed by atoms with Crippen LogP contribution in [-0.4, -0.2) is 50.4 Å². The molecule has 0 radical (unpaired) electrons. The summed E-state index contributed by atoms with van der Waals surface area (Å²) in [7, 11) is 1.58. The van der Waals surface area contributed by atoms with Crippen molar-refractivity contribution in [2.24, 2.45) is 0 Å². The highest BCUT2D eigenvalue weighted by molar-refractivity contribution is 7.98. The molecule has 2 aromatic carbocycles. The molecule has 0 aromatic heterocycles. The molecule has 0 aliphatic carbocycles. The van der Waals surface area contributed by atoms with Crippen LogP contribution in [0.1, 0.15) is 11.1 Å². The van der Waals surface area contributed by atoms with Crippen LogP contribution in [0.4, 0.5) is 5.69 Å². The lowest BCUT2D eigenvalue weighted by Crippen LogP contribution is -2.50. The van der Waals surface area contributed by atoms with E-state index in [4.69, 9.17) is 4.74 Å². The number of hydrogen-bond acceptors (Lipinski definition) is 5. The molecule has 2 N–H and O–H groups in total. The second-order valence-corrected chi connectivity index (χ2v) is 8.06. The van der Waals surface area contributed by atoms with E-state index in [9.17, 15) is 9.59 Å². The standard InChI is InChI=1S/C22H27N3O3S/c1-16-7-9-17(10-8-16)15-29-12-11-24-21(26)14-25-13-20(22(27)23-2)28-19-6-4-3-5-18(19)25/h3-10,20H,11-15H2,1-2H3,(H,23,27)(H,24,26)/t20-/m1/s1. The van der Waals surface area contributed by atoms with Crippen molar-refractivity contribution in [2.45, 2.75) is 18.8 Å². The van der Waals surface area contributed by atoms with Crippen molar-refractivity contribution in [3.63, 3.8) is 0 Å². The van der Waals surface area contributed by atoms with E-state index in [2.05, 4.69) is 41.8 Å². The number of carbonyl (C=O) groups is 2. The predicted octanol–water partition coefficient (Wildman–Crippen LogP) is 2.36. The molecule has 29 heavy (non-hydrogen) atoms. The Morgan fingerprint density at radius 3 is 2.69 bits per heavy atom. The first-order valence-corrected chi connectivity index (χ1v) is 10.8. The fourth-order valence-electron chi connectivity index (χ4n) is 3.12. The van der Waals surface area contributed by atoms with Gasteiger partial charge in [0.25, 0.3) is 5.91 Å². The molecule has 1 atom stereocenters. The van der Waals surface area contributed by atoms with Crippen molar-refractivity contribution in [3.8, 4) is 5.75 Å². The normalized spacial score (nSPS) is 15.2. The maximum atomic E-state index is 12.4. The first-order valence-electron chi connectivity index (χ1n) is 9.69. The minimum Gasteiger partial charge on any atom is -0.477 e. The fraction of sp³-hybridized carbons (Fsp3) is 0.364. The topological polar surface area (TPSA) is 70.7 Å². The van der Waals surface area contributed by atoms with Gasteiger partial charge in [-0.25, -0.2) is 0 Å². The Bertz CT molecular complexity index is 841. The van der Waals surface area contributed by atoms with Gasteiger partial charge in [-0.15, -0.1) is 0 Å². The van der Waals surface area contributed by atoms with Crippen LogP contribution in [0.5, 0.6) is 5.75 Å². The van der Waals surface area contributed by atoms with E-state index in [-0.39, 0.29) is 18.4 Å². The molecule has 0 saturated carbocycles. The molecule has 2 amide bonds. The number of carbonyl (C=O) groups excluding carboxylic acids is 2. The summed E-state index contributed by atoms with van der Waals surface area (Å²) in [5.74, 6) is 2.14. The monoisotopic (exact) mass is 413 g/mol. The first kappa shape index (κ1) is 21.0. The molecule has 0 spiro atoms. The summed E-state index contributed by atoms with van der Waals surface area (Å²) < 4.78 is 5.77. The molecule has 0 fully saturated rings. The van der Waals surface area contributed by atoms with Crippen LogP contribution in [0.25, 0.3) is 0 Å². The van der Waals surface area contributed by atoms with E-state index in [1.165, 1.54) is 11.1 Å². The number of aryl methyl sites for hydroxylation is 1. The Labute approximate surface area is 176 Å². The van der Waals surface area contributed by atoms with Crippen LogP contribution in [0.15, 0.2) is 48.5 Å². The van der Waals surface area contributed by atoms with Gasteiger partial charge in [0.2, 0.25) is 5.91 Å². The highest BCUT2D eigenvalue weighted by atomic mass is 32.2. The van der Waals surface area contributed by atoms with Gasteiger partial charge in [-0.2, -0.15) is 11.8 Å². The Balaban J connectivity index is 1.46. The van der Waals surface area contributed by atoms with Gasteiger partial charge < -0.3 is 20.3 Å². The van der Waals surface area contributed by atoms with Gasteiger partial charge in [-0.3, -0.25) is 9.59 Å². The highest BCUT2D eigenvalue weighted by Gasteiger charge is 2.30. The van der Waals surface area contributed by atoms with Gasteiger partial charge in [-0.05, 0) is 24.6 Å². The van der Waals surface area contributed by atoms with E-state index >= 15 is 0 Å². The predicted molar refractivity (Wildman–Crippen MR) is 117 cm³/mol. The molecule has 6 nitrogen and oxygen atoms in total. The largest absolute Gasteiger partial charge is 0.477 e. The zero-order valence-electron chi connectivity index (χ0n) is 16.8. The van der Waals surface area contributed by atoms with E-state index in [1.54, 1.807) is 18.8 Å². The quantitative estimate of drug-likeness (QED) is 0.650. The van der Waals surface area contributed by atoms with Gasteiger partial charge in [0.1, 0.15) is 5.75 Å². The summed E-state index contributed by atoms with van der Waals surface area (Å²) in [6.07, 6.45) is -0.632. The molecule has 154 valence electrons. The zero-order chi connectivity index (χ0) is 20.6. The van der Waals surface area contributed by atoms with Crippen molar-refractivity contribution in [1.82, 2.24) is 10.6 Å². The molecule has 0 unspecified atom stereocenters. The number of fused-ring (bicyclic) bond motifs is 1. The van der Waals surface area contributed by atoms with E-state index in [1.807, 2.05) is 29.2 Å². The smallest absolute Gasteiger partial charge is 0.262 e. The Morgan fingerprint density at radius 2 is 1.93 bits per heavy atom. The van der Waals surface area contributed by atoms with Crippen LogP contribution in [-0.2, 0) is 15.3 Å². The number of thioether (sulfide) groups is 1. The number of amides is 2. The molecule has 7 heteroatoms. The fourth-order valence-corrected chi connectivity index (χ4v) is 3.94. The molecule has 3 rings (SSSR count). The Hall–Kier alpha value is -2.67. The molecule has 1 aliphatic rings. The third-order valence-corrected chi connectivity index (χ3v) is 5.72. The van der Waals surface area contributed by atoms with Gasteiger partial charge in [0, 0.05) is 25.1 Å². The summed E-state index contributed by atoms with van der Waals surface area (Å²) in [5, 5.41) is 5.58. The number of para-hydroxylation sites is 2. The van der Waals surface area contributed by atoms with Crippen molar-refractivity contribution in [1.29, 1.82) is 0 Å². The summed E-state index contributed by atoms with van der Waals surface area (Å²) in [6, 6.07) is 16.0. The lowest BCUT2D eigenvalue weighted by Gasteiger charge is -2.34. The summed E-state index contributed by atoms with van der Waals surface area (Å²) in [4.78, 5) is 26.4. The van der Waals surface area contributed by atoms with Crippen LogP contribution in [0, 0.1) is 6.92 Å². The number of rotatable bonds is 8. The molecule has 1 aliphatic heterocycles. The van der Waals surface area contributed by atoms with E-state index < -0.39 is 6.10 Å². The molecule has 1 heterocycles. The van der Waals surface area contributed by atoms with Crippen LogP contribution < -0.4 is 20.3 Å². The molecule has 2 aromatic rings. The number of likely N-dealkylation sites (N-methyl/N-ethyl adjacent to an activating group) is 1. The van der Waals surface area contributed by atoms with E-state index in [0.717, 1.165) is 17.2 Å². The first-order chi connectivity index (χ1) is 14.1. The Kier molecular flexibility index (Phi) is 7.41. The number of nitrogens with zero attached hydrogens (tertiary/aromatic N) is 1. The molecular formula is C22H27N3O3S. The minimum absolute atomic E-state index is 0.0618. The summed E-state index contributed by atoms with van der Waals surface area (Å²) >= 11 is 1.79. The number of hydrogen-bond donors (Lipinski definition) is 2. The summed E-state index contributed by atoms with van der Waals surface area (Å²) in [5.41, 5.74) is 3.38. The van der Waals surface area contributed by atoms with Crippen molar-refractivity contribution >= 4 is 29.3 Å². The highest BCUT2D eigenvalue weighted by Crippen LogP contribution is 2.32. The lowest BCUT2D eigenvalue weighted by atomic mass is 10.1. The lowest BCUT2D eigenvalue weighted by molar-refractivity contribution is -0.127. The minimum atomic E-state index is -0.632. The average molecular weight is 414 g/mol. The van der Waals surface area contributed by atoms with Gasteiger partial charge >= 0.3 is 0 Å². The van der Waals surface area contributed by atoms with Crippen molar-refractivity contribution < 1.29 is 14.3 Å². The second kappa shape index (κ2) is 10.2. The Morgan fingerprint density at radius 1 is 1.17 bits per heavy atom. The average Bonchev–Trinajstić information content (AvgIpc) is 2.74. The number of anilines is 1. The SMILES string of the molecule is CNC(=O)[C@H]1CN(CC(=O)NCCSCc2ccc(C)cc2)c2ccccc2O1. The number of ether oxygens (including phenoxy) is 1. The van der Waals surface area contributed by atoms with Crippen LogP contribution in [0.3, 0.4) is 0 Å². The maximum Gasteiger partial charge on any atom is 0.262 e. The van der Waals surface area contributed by atoms with Gasteiger partial charge in [-0.1, -0.05) is 42.0 Å². The van der Waals surface area contributed by atoms with Crippen molar-refractivity contribution in [2.75, 3.05) is 37.3 Å². The van der Waals surface area contributed by atoms with Gasteiger partial charge in [0.15, 0.2) is 6.10 Å².